The highest BCUT2D eigenvalue weighted by molar-refractivity contribution is 6.30. The number of halogens is 1. The molecule has 0 aliphatic carbocycles. The molecule has 2 aromatic rings. The summed E-state index contributed by atoms with van der Waals surface area (Å²) in [5.74, 6) is 0.245. The summed E-state index contributed by atoms with van der Waals surface area (Å²) in [4.78, 5) is 18.2. The van der Waals surface area contributed by atoms with Crippen molar-refractivity contribution in [2.75, 3.05) is 13.7 Å². The molecule has 21 heavy (non-hydrogen) atoms. The molecule has 1 heterocycles. The lowest BCUT2D eigenvalue weighted by atomic mass is 10.2. The van der Waals surface area contributed by atoms with E-state index in [4.69, 9.17) is 16.3 Å². The average Bonchev–Trinajstić information content (AvgIpc) is 2.50. The number of aromatic nitrogens is 1. The van der Waals surface area contributed by atoms with Crippen LogP contribution in [0.15, 0.2) is 42.6 Å². The first-order valence-corrected chi connectivity index (χ1v) is 7.07. The molecule has 0 atom stereocenters. The molecule has 0 aliphatic heterocycles. The van der Waals surface area contributed by atoms with Crippen LogP contribution in [0.2, 0.25) is 5.02 Å². The van der Waals surface area contributed by atoms with Gasteiger partial charge in [0.15, 0.2) is 0 Å². The Hall–Kier alpha value is -2.07. The minimum Gasteiger partial charge on any atom is -0.477 e. The lowest BCUT2D eigenvalue weighted by Crippen LogP contribution is -2.26. The van der Waals surface area contributed by atoms with E-state index in [0.29, 0.717) is 29.6 Å². The molecule has 0 radical (unpaired) electrons. The maximum Gasteiger partial charge on any atom is 0.259 e. The summed E-state index contributed by atoms with van der Waals surface area (Å²) in [5, 5.41) is 0.679. The summed E-state index contributed by atoms with van der Waals surface area (Å²) >= 11 is 5.86. The highest BCUT2D eigenvalue weighted by Gasteiger charge is 2.17. The van der Waals surface area contributed by atoms with Gasteiger partial charge in [-0.1, -0.05) is 23.7 Å². The molecule has 110 valence electrons. The Balaban J connectivity index is 2.13. The third-order valence-corrected chi connectivity index (χ3v) is 3.21. The number of carbonyl (C=O) groups excluding carboxylic acids is 1. The summed E-state index contributed by atoms with van der Waals surface area (Å²) in [6, 6.07) is 10.9. The van der Waals surface area contributed by atoms with Crippen LogP contribution in [-0.4, -0.2) is 29.4 Å². The molecule has 2 rings (SSSR count). The molecule has 5 heteroatoms. The largest absolute Gasteiger partial charge is 0.477 e. The fraction of sp³-hybridized carbons (Fsp3) is 0.250. The molecule has 0 saturated carbocycles. The molecular weight excluding hydrogens is 288 g/mol. The number of hydrogen-bond acceptors (Lipinski definition) is 3. The van der Waals surface area contributed by atoms with Crippen molar-refractivity contribution in [2.24, 2.45) is 0 Å². The van der Waals surface area contributed by atoms with Gasteiger partial charge in [-0.2, -0.15) is 0 Å². The second-order valence-electron chi connectivity index (χ2n) is 4.58. The summed E-state index contributed by atoms with van der Waals surface area (Å²) in [6.07, 6.45) is 1.61. The Labute approximate surface area is 129 Å². The molecule has 0 bridgehead atoms. The molecular formula is C16H17ClN2O2. The first kappa shape index (κ1) is 15.3. The van der Waals surface area contributed by atoms with Crippen LogP contribution in [0.5, 0.6) is 5.88 Å². The van der Waals surface area contributed by atoms with Gasteiger partial charge in [0, 0.05) is 24.8 Å². The Morgan fingerprint density at radius 1 is 1.29 bits per heavy atom. The van der Waals surface area contributed by atoms with E-state index in [0.717, 1.165) is 5.56 Å². The third-order valence-electron chi connectivity index (χ3n) is 2.96. The van der Waals surface area contributed by atoms with Crippen molar-refractivity contribution >= 4 is 17.5 Å². The standard InChI is InChI=1S/C16H17ClN2O2/c1-3-21-15-14(5-4-10-18-15)16(20)19(2)11-12-6-8-13(17)9-7-12/h4-10H,3,11H2,1-2H3. The molecule has 1 aromatic carbocycles. The average molecular weight is 305 g/mol. The van der Waals surface area contributed by atoms with Crippen molar-refractivity contribution in [2.45, 2.75) is 13.5 Å². The zero-order valence-corrected chi connectivity index (χ0v) is 12.8. The highest BCUT2D eigenvalue weighted by atomic mass is 35.5. The Morgan fingerprint density at radius 2 is 2.00 bits per heavy atom. The zero-order valence-electron chi connectivity index (χ0n) is 12.0. The molecule has 1 aromatic heterocycles. The summed E-state index contributed by atoms with van der Waals surface area (Å²) < 4.78 is 5.40. The molecule has 0 aliphatic rings. The maximum atomic E-state index is 12.5. The van der Waals surface area contributed by atoms with Crippen molar-refractivity contribution in [3.8, 4) is 5.88 Å². The smallest absolute Gasteiger partial charge is 0.259 e. The van der Waals surface area contributed by atoms with Gasteiger partial charge in [0.25, 0.3) is 5.91 Å². The lowest BCUT2D eigenvalue weighted by Gasteiger charge is -2.18. The zero-order chi connectivity index (χ0) is 15.2. The second kappa shape index (κ2) is 7.09. The van der Waals surface area contributed by atoms with Gasteiger partial charge in [-0.25, -0.2) is 4.98 Å². The van der Waals surface area contributed by atoms with E-state index in [-0.39, 0.29) is 5.91 Å². The van der Waals surface area contributed by atoms with Gasteiger partial charge in [-0.3, -0.25) is 4.79 Å². The molecule has 0 N–H and O–H groups in total. The fourth-order valence-corrected chi connectivity index (χ4v) is 2.07. The number of hydrogen-bond donors (Lipinski definition) is 0. The normalized spacial score (nSPS) is 10.2. The van der Waals surface area contributed by atoms with E-state index in [9.17, 15) is 4.79 Å². The van der Waals surface area contributed by atoms with Crippen LogP contribution in [-0.2, 0) is 6.54 Å². The number of amides is 1. The van der Waals surface area contributed by atoms with Gasteiger partial charge >= 0.3 is 0 Å². The van der Waals surface area contributed by atoms with Crippen molar-refractivity contribution in [3.05, 3.63) is 58.7 Å². The Morgan fingerprint density at radius 3 is 2.67 bits per heavy atom. The fourth-order valence-electron chi connectivity index (χ4n) is 1.95. The summed E-state index contributed by atoms with van der Waals surface area (Å²) in [5.41, 5.74) is 1.48. The molecule has 0 fully saturated rings. The number of nitrogens with zero attached hydrogens (tertiary/aromatic N) is 2. The number of carbonyl (C=O) groups is 1. The predicted molar refractivity (Wildman–Crippen MR) is 82.7 cm³/mol. The summed E-state index contributed by atoms with van der Waals surface area (Å²) in [6.45, 7) is 2.83. The van der Waals surface area contributed by atoms with Gasteiger partial charge in [-0.05, 0) is 36.8 Å². The van der Waals surface area contributed by atoms with Crippen molar-refractivity contribution in [3.63, 3.8) is 0 Å². The second-order valence-corrected chi connectivity index (χ2v) is 5.01. The Bertz CT molecular complexity index is 614. The summed E-state index contributed by atoms with van der Waals surface area (Å²) in [7, 11) is 1.75. The number of benzene rings is 1. The van der Waals surface area contributed by atoms with E-state index < -0.39 is 0 Å². The molecule has 1 amide bonds. The number of ether oxygens (including phenoxy) is 1. The number of rotatable bonds is 5. The first-order chi connectivity index (χ1) is 10.1. The van der Waals surface area contributed by atoms with Gasteiger partial charge in [0.05, 0.1) is 6.61 Å². The highest BCUT2D eigenvalue weighted by Crippen LogP contribution is 2.18. The third kappa shape index (κ3) is 3.95. The van der Waals surface area contributed by atoms with Crippen LogP contribution in [0.4, 0.5) is 0 Å². The van der Waals surface area contributed by atoms with Crippen LogP contribution in [0, 0.1) is 0 Å². The molecule has 0 spiro atoms. The Kier molecular flexibility index (Phi) is 5.17. The van der Waals surface area contributed by atoms with Crippen molar-refractivity contribution in [1.82, 2.24) is 9.88 Å². The van der Waals surface area contributed by atoms with Crippen LogP contribution in [0.25, 0.3) is 0 Å². The van der Waals surface area contributed by atoms with Crippen molar-refractivity contribution < 1.29 is 9.53 Å². The molecule has 0 saturated heterocycles. The predicted octanol–water partition coefficient (Wildman–Crippen LogP) is 3.41. The van der Waals surface area contributed by atoms with Gasteiger partial charge < -0.3 is 9.64 Å². The minimum atomic E-state index is -0.124. The monoisotopic (exact) mass is 304 g/mol. The van der Waals surface area contributed by atoms with Crippen LogP contribution < -0.4 is 4.74 Å². The topological polar surface area (TPSA) is 42.4 Å². The minimum absolute atomic E-state index is 0.124. The van der Waals surface area contributed by atoms with Crippen LogP contribution in [0.3, 0.4) is 0 Å². The van der Waals surface area contributed by atoms with Crippen LogP contribution in [0.1, 0.15) is 22.8 Å². The lowest BCUT2D eigenvalue weighted by molar-refractivity contribution is 0.0780. The van der Waals surface area contributed by atoms with Gasteiger partial charge in [-0.15, -0.1) is 0 Å². The van der Waals surface area contributed by atoms with Crippen LogP contribution >= 0.6 is 11.6 Å². The maximum absolute atomic E-state index is 12.5. The number of pyridine rings is 1. The quantitative estimate of drug-likeness (QED) is 0.850. The van der Waals surface area contributed by atoms with E-state index >= 15 is 0 Å². The van der Waals surface area contributed by atoms with E-state index in [2.05, 4.69) is 4.98 Å². The SMILES string of the molecule is CCOc1ncccc1C(=O)N(C)Cc1ccc(Cl)cc1. The molecule has 0 unspecified atom stereocenters. The van der Waals surface area contributed by atoms with E-state index in [1.807, 2.05) is 31.2 Å². The first-order valence-electron chi connectivity index (χ1n) is 6.69. The van der Waals surface area contributed by atoms with E-state index in [1.165, 1.54) is 0 Å². The van der Waals surface area contributed by atoms with Gasteiger partial charge in [0.1, 0.15) is 5.56 Å². The van der Waals surface area contributed by atoms with Gasteiger partial charge in [0.2, 0.25) is 5.88 Å². The molecule has 4 nitrogen and oxygen atoms in total. The van der Waals surface area contributed by atoms with E-state index in [1.54, 1.807) is 30.3 Å². The van der Waals surface area contributed by atoms with Crippen molar-refractivity contribution in [1.29, 1.82) is 0 Å².